The van der Waals surface area contributed by atoms with Crippen molar-refractivity contribution in [2.24, 2.45) is 0 Å². The van der Waals surface area contributed by atoms with Gasteiger partial charge in [-0.2, -0.15) is 5.10 Å². The van der Waals surface area contributed by atoms with E-state index in [1.165, 1.54) is 11.8 Å². The second kappa shape index (κ2) is 8.74. The van der Waals surface area contributed by atoms with E-state index in [4.69, 9.17) is 11.6 Å². The first-order valence-electron chi connectivity index (χ1n) is 7.90. The van der Waals surface area contributed by atoms with E-state index >= 15 is 0 Å². The molecule has 0 saturated heterocycles. The Morgan fingerprint density at radius 2 is 1.84 bits per heavy atom. The molecule has 3 rings (SSSR count). The first-order chi connectivity index (χ1) is 12.2. The molecule has 1 aromatic heterocycles. The minimum absolute atomic E-state index is 0.00819. The molecule has 128 valence electrons. The van der Waals surface area contributed by atoms with E-state index < -0.39 is 0 Å². The number of halogens is 1. The second-order valence-corrected chi connectivity index (χ2v) is 6.98. The molecule has 1 N–H and O–H groups in total. The Balaban J connectivity index is 1.52. The highest BCUT2D eigenvalue weighted by Gasteiger charge is 2.06. The molecule has 1 heterocycles. The number of rotatable bonds is 7. The fourth-order valence-electron chi connectivity index (χ4n) is 2.38. The number of nitrogens with one attached hydrogen (secondary N) is 1. The number of nitrogens with zero attached hydrogens (tertiary/aromatic N) is 2. The van der Waals surface area contributed by atoms with Gasteiger partial charge < -0.3 is 5.32 Å². The van der Waals surface area contributed by atoms with Crippen molar-refractivity contribution in [2.75, 3.05) is 5.75 Å². The Kier molecular flexibility index (Phi) is 6.14. The largest absolute Gasteiger partial charge is 0.351 e. The lowest BCUT2D eigenvalue weighted by Gasteiger charge is -2.11. The Bertz CT molecular complexity index is 819. The standard InChI is InChI=1S/C19H18ClN3OS/c20-17-6-8-18(9-7-17)25-14-19(24)21-12-15-4-1-2-5-16(15)13-23-11-3-10-22-23/h1-11H,12-14H2,(H,21,24). The molecule has 0 atom stereocenters. The van der Waals surface area contributed by atoms with Crippen LogP contribution < -0.4 is 5.32 Å². The van der Waals surface area contributed by atoms with E-state index in [9.17, 15) is 4.79 Å². The normalized spacial score (nSPS) is 10.6. The number of carbonyl (C=O) groups is 1. The van der Waals surface area contributed by atoms with E-state index in [0.29, 0.717) is 23.9 Å². The average Bonchev–Trinajstić information content (AvgIpc) is 3.13. The summed E-state index contributed by atoms with van der Waals surface area (Å²) in [5.74, 6) is 0.386. The van der Waals surface area contributed by atoms with Crippen molar-refractivity contribution in [3.05, 3.63) is 83.1 Å². The van der Waals surface area contributed by atoms with Crippen LogP contribution in [0.1, 0.15) is 11.1 Å². The molecule has 0 aliphatic rings. The van der Waals surface area contributed by atoms with Crippen molar-refractivity contribution < 1.29 is 4.79 Å². The molecule has 4 nitrogen and oxygen atoms in total. The van der Waals surface area contributed by atoms with Crippen LogP contribution >= 0.6 is 23.4 Å². The molecule has 3 aromatic rings. The summed E-state index contributed by atoms with van der Waals surface area (Å²) in [6, 6.07) is 17.5. The predicted octanol–water partition coefficient (Wildman–Crippen LogP) is 3.99. The van der Waals surface area contributed by atoms with Crippen molar-refractivity contribution in [3.63, 3.8) is 0 Å². The number of amides is 1. The molecule has 0 spiro atoms. The lowest BCUT2D eigenvalue weighted by Crippen LogP contribution is -2.25. The molecule has 6 heteroatoms. The topological polar surface area (TPSA) is 46.9 Å². The van der Waals surface area contributed by atoms with Gasteiger partial charge in [0, 0.05) is 28.9 Å². The molecule has 0 fully saturated rings. The maximum Gasteiger partial charge on any atom is 0.230 e. The van der Waals surface area contributed by atoms with Gasteiger partial charge in [0.2, 0.25) is 5.91 Å². The third-order valence-electron chi connectivity index (χ3n) is 3.67. The lowest BCUT2D eigenvalue weighted by atomic mass is 10.1. The summed E-state index contributed by atoms with van der Waals surface area (Å²) < 4.78 is 1.87. The number of carbonyl (C=O) groups excluding carboxylic acids is 1. The van der Waals surface area contributed by atoms with Crippen LogP contribution in [0.25, 0.3) is 0 Å². The molecule has 1 amide bonds. The molecule has 2 aromatic carbocycles. The van der Waals surface area contributed by atoms with Gasteiger partial charge in [-0.05, 0) is 41.5 Å². The third kappa shape index (κ3) is 5.37. The molecule has 0 unspecified atom stereocenters. The summed E-state index contributed by atoms with van der Waals surface area (Å²) in [6.07, 6.45) is 3.69. The molecular formula is C19H18ClN3OS. The highest BCUT2D eigenvalue weighted by Crippen LogP contribution is 2.20. The number of benzene rings is 2. The zero-order valence-electron chi connectivity index (χ0n) is 13.6. The van der Waals surface area contributed by atoms with Crippen molar-refractivity contribution >= 4 is 29.3 Å². The predicted molar refractivity (Wildman–Crippen MR) is 102 cm³/mol. The summed E-state index contributed by atoms with van der Waals surface area (Å²) in [4.78, 5) is 13.1. The minimum Gasteiger partial charge on any atom is -0.351 e. The van der Waals surface area contributed by atoms with Crippen LogP contribution in [0.15, 0.2) is 71.9 Å². The van der Waals surface area contributed by atoms with Gasteiger partial charge in [-0.1, -0.05) is 35.9 Å². The van der Waals surface area contributed by atoms with Crippen molar-refractivity contribution in [3.8, 4) is 0 Å². The Hall–Kier alpha value is -2.24. The monoisotopic (exact) mass is 371 g/mol. The highest BCUT2D eigenvalue weighted by atomic mass is 35.5. The van der Waals surface area contributed by atoms with E-state index in [2.05, 4.69) is 16.5 Å². The zero-order chi connectivity index (χ0) is 17.5. The molecular weight excluding hydrogens is 354 g/mol. The van der Waals surface area contributed by atoms with Crippen LogP contribution in [0, 0.1) is 0 Å². The summed E-state index contributed by atoms with van der Waals surface area (Å²) in [7, 11) is 0. The van der Waals surface area contributed by atoms with Gasteiger partial charge in [-0.15, -0.1) is 11.8 Å². The van der Waals surface area contributed by atoms with Crippen molar-refractivity contribution in [2.45, 2.75) is 18.0 Å². The number of hydrogen-bond donors (Lipinski definition) is 1. The molecule has 0 aliphatic heterocycles. The SMILES string of the molecule is O=C(CSc1ccc(Cl)cc1)NCc1ccccc1Cn1cccn1. The first kappa shape index (κ1) is 17.6. The summed E-state index contributed by atoms with van der Waals surface area (Å²) >= 11 is 7.36. The van der Waals surface area contributed by atoms with Gasteiger partial charge >= 0.3 is 0 Å². The summed E-state index contributed by atoms with van der Waals surface area (Å²) in [5.41, 5.74) is 2.25. The molecule has 0 bridgehead atoms. The van der Waals surface area contributed by atoms with Gasteiger partial charge in [0.15, 0.2) is 0 Å². The van der Waals surface area contributed by atoms with Gasteiger partial charge in [-0.25, -0.2) is 0 Å². The molecule has 0 aliphatic carbocycles. The average molecular weight is 372 g/mol. The zero-order valence-corrected chi connectivity index (χ0v) is 15.1. The van der Waals surface area contributed by atoms with Crippen molar-refractivity contribution in [1.29, 1.82) is 0 Å². The van der Waals surface area contributed by atoms with Gasteiger partial charge in [0.25, 0.3) is 0 Å². The van der Waals surface area contributed by atoms with Crippen LogP contribution in [0.2, 0.25) is 5.02 Å². The first-order valence-corrected chi connectivity index (χ1v) is 9.26. The second-order valence-electron chi connectivity index (χ2n) is 5.49. The van der Waals surface area contributed by atoms with Gasteiger partial charge in [0.05, 0.1) is 12.3 Å². The molecule has 25 heavy (non-hydrogen) atoms. The van der Waals surface area contributed by atoms with Gasteiger partial charge in [0.1, 0.15) is 0 Å². The van der Waals surface area contributed by atoms with E-state index in [0.717, 1.165) is 16.0 Å². The third-order valence-corrected chi connectivity index (χ3v) is 4.93. The van der Waals surface area contributed by atoms with Crippen molar-refractivity contribution in [1.82, 2.24) is 15.1 Å². The lowest BCUT2D eigenvalue weighted by molar-refractivity contribution is -0.118. The summed E-state index contributed by atoms with van der Waals surface area (Å²) in [5, 5.41) is 7.92. The van der Waals surface area contributed by atoms with Crippen LogP contribution in [-0.2, 0) is 17.9 Å². The maximum absolute atomic E-state index is 12.1. The molecule has 0 radical (unpaired) electrons. The van der Waals surface area contributed by atoms with Crippen LogP contribution in [0.3, 0.4) is 0 Å². The van der Waals surface area contributed by atoms with Crippen LogP contribution in [0.5, 0.6) is 0 Å². The van der Waals surface area contributed by atoms with Gasteiger partial charge in [-0.3, -0.25) is 9.48 Å². The maximum atomic E-state index is 12.1. The quantitative estimate of drug-likeness (QED) is 0.639. The van der Waals surface area contributed by atoms with Crippen LogP contribution in [0.4, 0.5) is 0 Å². The van der Waals surface area contributed by atoms with E-state index in [-0.39, 0.29) is 5.91 Å². The number of hydrogen-bond acceptors (Lipinski definition) is 3. The Labute approximate surface area is 156 Å². The fraction of sp³-hybridized carbons (Fsp3) is 0.158. The fourth-order valence-corrected chi connectivity index (χ4v) is 3.23. The smallest absolute Gasteiger partial charge is 0.230 e. The number of thioether (sulfide) groups is 1. The van der Waals surface area contributed by atoms with E-state index in [1.807, 2.05) is 59.4 Å². The number of aromatic nitrogens is 2. The van der Waals surface area contributed by atoms with Crippen LogP contribution in [-0.4, -0.2) is 21.4 Å². The van der Waals surface area contributed by atoms with E-state index in [1.54, 1.807) is 6.20 Å². The Morgan fingerprint density at radius 3 is 2.56 bits per heavy atom. The minimum atomic E-state index is 0.00819. The summed E-state index contributed by atoms with van der Waals surface area (Å²) in [6.45, 7) is 1.20. The Morgan fingerprint density at radius 1 is 1.08 bits per heavy atom. The highest BCUT2D eigenvalue weighted by molar-refractivity contribution is 8.00. The molecule has 0 saturated carbocycles.